The van der Waals surface area contributed by atoms with E-state index in [-0.39, 0.29) is 23.0 Å². The van der Waals surface area contributed by atoms with Gasteiger partial charge in [-0.3, -0.25) is 9.59 Å². The SMILES string of the molecule is C=CCC1=C(C)C([C@]2(C(=O)O)[C@H](C=C(C)C)C2(C)C)CC1=O. The zero-order chi connectivity index (χ0) is 16.9. The number of allylic oxidation sites excluding steroid dienone is 5. The lowest BCUT2D eigenvalue weighted by atomic mass is 9.78. The Kier molecular flexibility index (Phi) is 3.97. The van der Waals surface area contributed by atoms with Crippen LogP contribution in [0, 0.1) is 22.7 Å². The van der Waals surface area contributed by atoms with Crippen molar-refractivity contribution in [3.63, 3.8) is 0 Å². The zero-order valence-electron chi connectivity index (χ0n) is 14.2. The van der Waals surface area contributed by atoms with Gasteiger partial charge in [0, 0.05) is 18.3 Å². The largest absolute Gasteiger partial charge is 0.481 e. The summed E-state index contributed by atoms with van der Waals surface area (Å²) in [5.41, 5.74) is 1.63. The Morgan fingerprint density at radius 1 is 1.41 bits per heavy atom. The highest BCUT2D eigenvalue weighted by Crippen LogP contribution is 2.75. The molecular weight excluding hydrogens is 276 g/mol. The van der Waals surface area contributed by atoms with Crippen LogP contribution in [0.2, 0.25) is 0 Å². The maximum absolute atomic E-state index is 12.3. The minimum Gasteiger partial charge on any atom is -0.481 e. The molecule has 0 spiro atoms. The van der Waals surface area contributed by atoms with E-state index in [0.717, 1.165) is 16.7 Å². The van der Waals surface area contributed by atoms with Gasteiger partial charge in [0.2, 0.25) is 0 Å². The molecule has 3 atom stereocenters. The van der Waals surface area contributed by atoms with E-state index in [9.17, 15) is 14.7 Å². The van der Waals surface area contributed by atoms with Crippen molar-refractivity contribution in [3.05, 3.63) is 35.5 Å². The van der Waals surface area contributed by atoms with Crippen molar-refractivity contribution < 1.29 is 14.7 Å². The molecule has 0 amide bonds. The van der Waals surface area contributed by atoms with Crippen LogP contribution in [0.1, 0.15) is 47.5 Å². The van der Waals surface area contributed by atoms with Gasteiger partial charge in [0.05, 0.1) is 5.41 Å². The molecular formula is C19H26O3. The fourth-order valence-corrected chi connectivity index (χ4v) is 4.55. The standard InChI is InChI=1S/C19H26O3/c1-7-8-13-12(4)14(10-15(13)20)19(17(21)22)16(9-11(2)3)18(19,5)6/h7,9,14,16H,1,8,10H2,2-6H3,(H,21,22)/t14?,16-,19-/m1/s1. The molecule has 3 nitrogen and oxygen atoms in total. The van der Waals surface area contributed by atoms with Gasteiger partial charge in [0.25, 0.3) is 0 Å². The Balaban J connectivity index is 2.53. The summed E-state index contributed by atoms with van der Waals surface area (Å²) >= 11 is 0. The third kappa shape index (κ3) is 2.02. The minimum atomic E-state index is -0.868. The Hall–Kier alpha value is -1.64. The van der Waals surface area contributed by atoms with E-state index in [4.69, 9.17) is 0 Å². The first-order valence-electron chi connectivity index (χ1n) is 7.84. The van der Waals surface area contributed by atoms with E-state index >= 15 is 0 Å². The molecule has 0 radical (unpaired) electrons. The highest BCUT2D eigenvalue weighted by Gasteiger charge is 2.78. The van der Waals surface area contributed by atoms with Crippen molar-refractivity contribution in [1.29, 1.82) is 0 Å². The topological polar surface area (TPSA) is 54.4 Å². The predicted molar refractivity (Wildman–Crippen MR) is 87.4 cm³/mol. The number of carbonyl (C=O) groups excluding carboxylic acids is 1. The quantitative estimate of drug-likeness (QED) is 0.776. The predicted octanol–water partition coefficient (Wildman–Crippen LogP) is 4.16. The van der Waals surface area contributed by atoms with Gasteiger partial charge in [-0.05, 0) is 38.2 Å². The Morgan fingerprint density at radius 3 is 2.45 bits per heavy atom. The van der Waals surface area contributed by atoms with Gasteiger partial charge in [-0.15, -0.1) is 6.58 Å². The van der Waals surface area contributed by atoms with Crippen LogP contribution in [0.4, 0.5) is 0 Å². The first-order chi connectivity index (χ1) is 10.1. The van der Waals surface area contributed by atoms with Gasteiger partial charge in [-0.25, -0.2) is 0 Å². The van der Waals surface area contributed by atoms with Crippen molar-refractivity contribution in [2.75, 3.05) is 0 Å². The summed E-state index contributed by atoms with van der Waals surface area (Å²) in [5, 5.41) is 10.0. The van der Waals surface area contributed by atoms with Crippen LogP contribution in [0.3, 0.4) is 0 Å². The molecule has 120 valence electrons. The summed E-state index contributed by atoms with van der Waals surface area (Å²) in [6, 6.07) is 0. The summed E-state index contributed by atoms with van der Waals surface area (Å²) in [7, 11) is 0. The number of carbonyl (C=O) groups is 2. The van der Waals surface area contributed by atoms with Crippen LogP contribution in [0.5, 0.6) is 0 Å². The van der Waals surface area contributed by atoms with E-state index in [1.54, 1.807) is 6.08 Å². The Morgan fingerprint density at radius 2 is 2.00 bits per heavy atom. The lowest BCUT2D eigenvalue weighted by molar-refractivity contribution is -0.147. The molecule has 2 rings (SSSR count). The first-order valence-corrected chi connectivity index (χ1v) is 7.84. The highest BCUT2D eigenvalue weighted by molar-refractivity contribution is 6.00. The van der Waals surface area contributed by atoms with Crippen LogP contribution in [-0.4, -0.2) is 16.9 Å². The molecule has 2 aliphatic carbocycles. The highest BCUT2D eigenvalue weighted by atomic mass is 16.4. The number of hydrogen-bond acceptors (Lipinski definition) is 2. The molecule has 22 heavy (non-hydrogen) atoms. The number of ketones is 1. The first kappa shape index (κ1) is 16.7. The maximum Gasteiger partial charge on any atom is 0.311 e. The van der Waals surface area contributed by atoms with Crippen molar-refractivity contribution in [3.8, 4) is 0 Å². The number of aliphatic carboxylic acids is 1. The number of hydrogen-bond donors (Lipinski definition) is 1. The second kappa shape index (κ2) is 5.22. The molecule has 0 saturated heterocycles. The number of carboxylic acids is 1. The average Bonchev–Trinajstić information content (AvgIpc) is 2.73. The Bertz CT molecular complexity index is 602. The van der Waals surface area contributed by atoms with E-state index in [1.165, 1.54) is 0 Å². The summed E-state index contributed by atoms with van der Waals surface area (Å²) in [6.45, 7) is 13.6. The third-order valence-corrected chi connectivity index (χ3v) is 5.73. The molecule has 1 fully saturated rings. The van der Waals surface area contributed by atoms with Gasteiger partial charge in [0.1, 0.15) is 0 Å². The molecule has 0 bridgehead atoms. The van der Waals surface area contributed by atoms with E-state index < -0.39 is 11.4 Å². The van der Waals surface area contributed by atoms with E-state index in [2.05, 4.69) is 12.7 Å². The van der Waals surface area contributed by atoms with Crippen molar-refractivity contribution in [1.82, 2.24) is 0 Å². The van der Waals surface area contributed by atoms with Crippen molar-refractivity contribution in [2.45, 2.75) is 47.5 Å². The normalized spacial score (nSPS) is 32.9. The average molecular weight is 302 g/mol. The molecule has 1 unspecified atom stereocenters. The summed E-state index contributed by atoms with van der Waals surface area (Å²) < 4.78 is 0. The minimum absolute atomic E-state index is 0.0293. The van der Waals surface area contributed by atoms with Gasteiger partial charge in [-0.1, -0.05) is 37.1 Å². The fourth-order valence-electron chi connectivity index (χ4n) is 4.55. The second-order valence-electron chi connectivity index (χ2n) is 7.45. The van der Waals surface area contributed by atoms with Gasteiger partial charge in [-0.2, -0.15) is 0 Å². The van der Waals surface area contributed by atoms with Crippen molar-refractivity contribution >= 4 is 11.8 Å². The van der Waals surface area contributed by atoms with E-state index in [0.29, 0.717) is 12.8 Å². The van der Waals surface area contributed by atoms with Gasteiger partial charge in [0.15, 0.2) is 5.78 Å². The summed E-state index contributed by atoms with van der Waals surface area (Å²) in [5.74, 6) is -0.931. The summed E-state index contributed by atoms with van der Waals surface area (Å²) in [4.78, 5) is 24.5. The molecule has 1 saturated carbocycles. The third-order valence-electron chi connectivity index (χ3n) is 5.73. The van der Waals surface area contributed by atoms with E-state index in [1.807, 2.05) is 34.6 Å². The van der Waals surface area contributed by atoms with Gasteiger partial charge < -0.3 is 5.11 Å². The molecule has 2 aliphatic rings. The van der Waals surface area contributed by atoms with Crippen LogP contribution < -0.4 is 0 Å². The van der Waals surface area contributed by atoms with Crippen LogP contribution in [0.15, 0.2) is 35.5 Å². The lowest BCUT2D eigenvalue weighted by Gasteiger charge is -2.24. The molecule has 0 heterocycles. The smallest absolute Gasteiger partial charge is 0.311 e. The molecule has 0 aliphatic heterocycles. The molecule has 0 aromatic carbocycles. The molecule has 3 heteroatoms. The monoisotopic (exact) mass is 302 g/mol. The molecule has 0 aromatic heterocycles. The maximum atomic E-state index is 12.3. The molecule has 1 N–H and O–H groups in total. The fraction of sp³-hybridized carbons (Fsp3) is 0.579. The van der Waals surface area contributed by atoms with Crippen LogP contribution >= 0.6 is 0 Å². The zero-order valence-corrected chi connectivity index (χ0v) is 14.2. The van der Waals surface area contributed by atoms with Crippen LogP contribution in [0.25, 0.3) is 0 Å². The summed E-state index contributed by atoms with van der Waals surface area (Å²) in [6.07, 6.45) is 4.64. The number of rotatable bonds is 5. The number of carboxylic acid groups (broad SMARTS) is 1. The van der Waals surface area contributed by atoms with Gasteiger partial charge >= 0.3 is 5.97 Å². The lowest BCUT2D eigenvalue weighted by Crippen LogP contribution is -2.31. The second-order valence-corrected chi connectivity index (χ2v) is 7.45. The number of Topliss-reactive ketones (excluding diaryl/α,β-unsaturated/α-hetero) is 1. The Labute approximate surface area is 132 Å². The molecule has 0 aromatic rings. The van der Waals surface area contributed by atoms with Crippen LogP contribution in [-0.2, 0) is 9.59 Å². The van der Waals surface area contributed by atoms with Crippen molar-refractivity contribution in [2.24, 2.45) is 22.7 Å².